The molecule has 0 saturated heterocycles. The lowest BCUT2D eigenvalue weighted by Gasteiger charge is -2.21. The van der Waals surface area contributed by atoms with Gasteiger partial charge in [-0.25, -0.2) is 0 Å². The lowest BCUT2D eigenvalue weighted by atomic mass is 10.0. The first-order chi connectivity index (χ1) is 16.8. The molecular formula is C30H19NO3. The molecule has 4 nitrogen and oxygen atoms in total. The van der Waals surface area contributed by atoms with Crippen LogP contribution in [0, 0.1) is 0 Å². The van der Waals surface area contributed by atoms with Crippen LogP contribution in [0.15, 0.2) is 114 Å². The van der Waals surface area contributed by atoms with Crippen LogP contribution >= 0.6 is 0 Å². The van der Waals surface area contributed by atoms with Gasteiger partial charge in [0.15, 0.2) is 23.0 Å². The van der Waals surface area contributed by atoms with Crippen molar-refractivity contribution in [2.45, 2.75) is 0 Å². The molecule has 1 aromatic heterocycles. The van der Waals surface area contributed by atoms with Crippen molar-refractivity contribution >= 4 is 33.3 Å². The molecule has 162 valence electrons. The molecule has 1 N–H and O–H groups in total. The van der Waals surface area contributed by atoms with E-state index in [-0.39, 0.29) is 0 Å². The number of hydrogen-bond donors (Lipinski definition) is 1. The number of para-hydroxylation sites is 3. The second kappa shape index (κ2) is 7.42. The quantitative estimate of drug-likeness (QED) is 0.297. The molecule has 7 rings (SSSR count). The van der Waals surface area contributed by atoms with Gasteiger partial charge in [-0.2, -0.15) is 0 Å². The third kappa shape index (κ3) is 3.16. The van der Waals surface area contributed by atoms with Crippen molar-refractivity contribution in [3.8, 4) is 34.1 Å². The van der Waals surface area contributed by atoms with Crippen LogP contribution in [0.2, 0.25) is 0 Å². The number of ether oxygens (including phenoxy) is 2. The monoisotopic (exact) mass is 441 g/mol. The van der Waals surface area contributed by atoms with Crippen LogP contribution in [0.1, 0.15) is 0 Å². The molecule has 5 aromatic carbocycles. The number of benzene rings is 5. The predicted molar refractivity (Wildman–Crippen MR) is 135 cm³/mol. The minimum atomic E-state index is 0.720. The van der Waals surface area contributed by atoms with Crippen LogP contribution in [0.4, 0.5) is 11.4 Å². The molecule has 0 spiro atoms. The molecule has 0 aliphatic carbocycles. The summed E-state index contributed by atoms with van der Waals surface area (Å²) in [5.41, 5.74) is 5.94. The average molecular weight is 441 g/mol. The van der Waals surface area contributed by atoms with Crippen LogP contribution in [-0.4, -0.2) is 0 Å². The highest BCUT2D eigenvalue weighted by molar-refractivity contribution is 6.05. The number of fused-ring (bicyclic) bond motifs is 5. The maximum Gasteiger partial charge on any atom is 0.170 e. The fourth-order valence-electron chi connectivity index (χ4n) is 4.42. The van der Waals surface area contributed by atoms with Crippen LogP contribution in [-0.2, 0) is 0 Å². The summed E-state index contributed by atoms with van der Waals surface area (Å²) in [6.45, 7) is 0. The van der Waals surface area contributed by atoms with Gasteiger partial charge in [0, 0.05) is 28.2 Å². The zero-order valence-corrected chi connectivity index (χ0v) is 18.1. The first-order valence-corrected chi connectivity index (χ1v) is 11.2. The summed E-state index contributed by atoms with van der Waals surface area (Å²) in [5, 5.41) is 5.73. The molecule has 6 aromatic rings. The van der Waals surface area contributed by atoms with E-state index in [4.69, 9.17) is 13.9 Å². The topological polar surface area (TPSA) is 43.6 Å². The molecule has 0 bridgehead atoms. The van der Waals surface area contributed by atoms with Gasteiger partial charge in [-0.1, -0.05) is 48.5 Å². The number of rotatable bonds is 3. The van der Waals surface area contributed by atoms with Gasteiger partial charge in [-0.3, -0.25) is 0 Å². The SMILES string of the molecule is c1ccc2c(c1)Oc1ccc(-c3ccc(Nc4ccc5c(c4)oc4ccccc45)cc3)cc1O2. The Morgan fingerprint density at radius 1 is 0.441 bits per heavy atom. The summed E-state index contributed by atoms with van der Waals surface area (Å²) >= 11 is 0. The Morgan fingerprint density at radius 3 is 1.94 bits per heavy atom. The summed E-state index contributed by atoms with van der Waals surface area (Å²) < 4.78 is 18.0. The second-order valence-electron chi connectivity index (χ2n) is 8.32. The molecule has 34 heavy (non-hydrogen) atoms. The predicted octanol–water partition coefficient (Wildman–Crippen LogP) is 8.89. The Kier molecular flexibility index (Phi) is 4.11. The zero-order valence-electron chi connectivity index (χ0n) is 18.1. The lowest BCUT2D eigenvalue weighted by molar-refractivity contribution is 0.360. The maximum atomic E-state index is 6.05. The van der Waals surface area contributed by atoms with Crippen molar-refractivity contribution in [2.75, 3.05) is 5.32 Å². The molecule has 4 heteroatoms. The smallest absolute Gasteiger partial charge is 0.170 e. The highest BCUT2D eigenvalue weighted by Crippen LogP contribution is 2.46. The molecule has 1 aliphatic heterocycles. The first kappa shape index (κ1) is 18.8. The summed E-state index contributed by atoms with van der Waals surface area (Å²) in [7, 11) is 0. The third-order valence-electron chi connectivity index (χ3n) is 6.12. The summed E-state index contributed by atoms with van der Waals surface area (Å²) in [5.74, 6) is 2.91. The summed E-state index contributed by atoms with van der Waals surface area (Å²) in [6.07, 6.45) is 0. The van der Waals surface area contributed by atoms with Gasteiger partial charge in [0.05, 0.1) is 0 Å². The highest BCUT2D eigenvalue weighted by Gasteiger charge is 2.18. The van der Waals surface area contributed by atoms with Crippen LogP contribution in [0.25, 0.3) is 33.1 Å². The Hall–Kier alpha value is -4.70. The standard InChI is InChI=1S/C30H19NO3/c1-2-6-25-23(5-1)24-15-14-22(18-29(24)32-25)31-21-12-9-19(10-13-21)20-11-16-28-30(17-20)34-27-8-4-3-7-26(27)33-28/h1-18,31H. The molecule has 1 aliphatic rings. The van der Waals surface area contributed by atoms with Crippen molar-refractivity contribution in [1.29, 1.82) is 0 Å². The van der Waals surface area contributed by atoms with E-state index in [0.717, 1.165) is 67.4 Å². The molecule has 0 amide bonds. The fourth-order valence-corrected chi connectivity index (χ4v) is 4.42. The number of hydrogen-bond acceptors (Lipinski definition) is 4. The van der Waals surface area contributed by atoms with E-state index >= 15 is 0 Å². The molecule has 0 atom stereocenters. The third-order valence-corrected chi connectivity index (χ3v) is 6.12. The van der Waals surface area contributed by atoms with E-state index in [2.05, 4.69) is 47.8 Å². The van der Waals surface area contributed by atoms with E-state index < -0.39 is 0 Å². The molecule has 0 unspecified atom stereocenters. The Morgan fingerprint density at radius 2 is 1.09 bits per heavy atom. The highest BCUT2D eigenvalue weighted by atomic mass is 16.6. The van der Waals surface area contributed by atoms with Crippen LogP contribution in [0.5, 0.6) is 23.0 Å². The van der Waals surface area contributed by atoms with E-state index in [1.165, 1.54) is 0 Å². The zero-order chi connectivity index (χ0) is 22.5. The number of anilines is 2. The fraction of sp³-hybridized carbons (Fsp3) is 0. The minimum absolute atomic E-state index is 0.720. The van der Waals surface area contributed by atoms with E-state index in [9.17, 15) is 0 Å². The Labute approximate surface area is 196 Å². The molecule has 0 saturated carbocycles. The van der Waals surface area contributed by atoms with Crippen molar-refractivity contribution in [1.82, 2.24) is 0 Å². The van der Waals surface area contributed by atoms with E-state index in [1.54, 1.807) is 0 Å². The van der Waals surface area contributed by atoms with Gasteiger partial charge in [0.2, 0.25) is 0 Å². The van der Waals surface area contributed by atoms with Crippen LogP contribution in [0.3, 0.4) is 0 Å². The second-order valence-corrected chi connectivity index (χ2v) is 8.32. The van der Waals surface area contributed by atoms with Gasteiger partial charge >= 0.3 is 0 Å². The van der Waals surface area contributed by atoms with Crippen molar-refractivity contribution in [2.24, 2.45) is 0 Å². The number of nitrogens with one attached hydrogen (secondary N) is 1. The Bertz CT molecular complexity index is 1680. The normalized spacial score (nSPS) is 12.0. The Balaban J connectivity index is 1.14. The average Bonchev–Trinajstić information content (AvgIpc) is 3.25. The first-order valence-electron chi connectivity index (χ1n) is 11.2. The van der Waals surface area contributed by atoms with Crippen molar-refractivity contribution in [3.63, 3.8) is 0 Å². The summed E-state index contributed by atoms with van der Waals surface area (Å²) in [6, 6.07) is 36.4. The van der Waals surface area contributed by atoms with E-state index in [1.807, 2.05) is 66.7 Å². The number of furan rings is 1. The van der Waals surface area contributed by atoms with Gasteiger partial charge < -0.3 is 19.2 Å². The van der Waals surface area contributed by atoms with Crippen molar-refractivity contribution < 1.29 is 13.9 Å². The minimum Gasteiger partial charge on any atom is -0.456 e. The molecule has 0 fully saturated rings. The molecule has 2 heterocycles. The van der Waals surface area contributed by atoms with Crippen molar-refractivity contribution in [3.05, 3.63) is 109 Å². The largest absolute Gasteiger partial charge is 0.456 e. The maximum absolute atomic E-state index is 6.05. The molecule has 0 radical (unpaired) electrons. The van der Waals surface area contributed by atoms with E-state index in [0.29, 0.717) is 0 Å². The van der Waals surface area contributed by atoms with Gasteiger partial charge in [0.25, 0.3) is 0 Å². The van der Waals surface area contributed by atoms with Gasteiger partial charge in [-0.15, -0.1) is 0 Å². The summed E-state index contributed by atoms with van der Waals surface area (Å²) in [4.78, 5) is 0. The van der Waals surface area contributed by atoms with Crippen LogP contribution < -0.4 is 14.8 Å². The molecular weight excluding hydrogens is 422 g/mol. The lowest BCUT2D eigenvalue weighted by Crippen LogP contribution is -1.98. The van der Waals surface area contributed by atoms with Gasteiger partial charge in [-0.05, 0) is 65.7 Å². The van der Waals surface area contributed by atoms with Gasteiger partial charge in [0.1, 0.15) is 11.2 Å².